The molecule has 2 aromatic rings. The SMILES string of the molecule is Cc1nc(Cc2ccccc2)nc2c1CC(CN)CC2. The zero-order chi connectivity index (χ0) is 13.9. The predicted molar refractivity (Wildman–Crippen MR) is 80.6 cm³/mol. The van der Waals surface area contributed by atoms with E-state index in [4.69, 9.17) is 15.7 Å². The first-order chi connectivity index (χ1) is 9.76. The normalized spacial score (nSPS) is 17.8. The quantitative estimate of drug-likeness (QED) is 0.929. The van der Waals surface area contributed by atoms with E-state index in [2.05, 4.69) is 31.2 Å². The summed E-state index contributed by atoms with van der Waals surface area (Å²) in [5.74, 6) is 1.54. The average Bonchev–Trinajstić information content (AvgIpc) is 2.48. The van der Waals surface area contributed by atoms with E-state index in [1.807, 2.05) is 6.07 Å². The molecule has 1 aromatic carbocycles. The summed E-state index contributed by atoms with van der Waals surface area (Å²) in [5, 5.41) is 0. The Morgan fingerprint density at radius 1 is 1.20 bits per heavy atom. The van der Waals surface area contributed by atoms with Crippen molar-refractivity contribution in [3.05, 3.63) is 58.7 Å². The van der Waals surface area contributed by atoms with Crippen LogP contribution in [0.3, 0.4) is 0 Å². The molecule has 0 aliphatic heterocycles. The van der Waals surface area contributed by atoms with E-state index in [0.29, 0.717) is 5.92 Å². The Balaban J connectivity index is 1.87. The Morgan fingerprint density at radius 3 is 2.75 bits per heavy atom. The Bertz CT molecular complexity index is 593. The molecule has 3 rings (SSSR count). The van der Waals surface area contributed by atoms with Crippen molar-refractivity contribution in [1.82, 2.24) is 9.97 Å². The zero-order valence-corrected chi connectivity index (χ0v) is 12.0. The molecule has 1 unspecified atom stereocenters. The third-order valence-electron chi connectivity index (χ3n) is 4.17. The third kappa shape index (κ3) is 2.73. The molecule has 2 N–H and O–H groups in total. The standard InChI is InChI=1S/C17H21N3/c1-12-15-9-14(11-18)7-8-16(15)20-17(19-12)10-13-5-3-2-4-6-13/h2-6,14H,7-11,18H2,1H3. The average molecular weight is 267 g/mol. The lowest BCUT2D eigenvalue weighted by Gasteiger charge is -2.24. The lowest BCUT2D eigenvalue weighted by atomic mass is 9.86. The number of rotatable bonds is 3. The Morgan fingerprint density at radius 2 is 2.00 bits per heavy atom. The molecule has 20 heavy (non-hydrogen) atoms. The van der Waals surface area contributed by atoms with E-state index in [1.54, 1.807) is 0 Å². The van der Waals surface area contributed by atoms with Crippen molar-refractivity contribution < 1.29 is 0 Å². The van der Waals surface area contributed by atoms with Gasteiger partial charge in [-0.15, -0.1) is 0 Å². The van der Waals surface area contributed by atoms with Crippen LogP contribution in [0, 0.1) is 12.8 Å². The summed E-state index contributed by atoms with van der Waals surface area (Å²) < 4.78 is 0. The monoisotopic (exact) mass is 267 g/mol. The Hall–Kier alpha value is -1.74. The minimum atomic E-state index is 0.602. The number of aromatic nitrogens is 2. The van der Waals surface area contributed by atoms with Gasteiger partial charge in [0.15, 0.2) is 0 Å². The highest BCUT2D eigenvalue weighted by atomic mass is 14.9. The molecule has 0 bridgehead atoms. The number of aryl methyl sites for hydroxylation is 2. The molecule has 0 spiro atoms. The first-order valence-corrected chi connectivity index (χ1v) is 7.35. The van der Waals surface area contributed by atoms with Crippen molar-refractivity contribution in [2.75, 3.05) is 6.54 Å². The van der Waals surface area contributed by atoms with Crippen LogP contribution in [0.1, 0.15) is 34.8 Å². The van der Waals surface area contributed by atoms with Crippen molar-refractivity contribution in [2.45, 2.75) is 32.6 Å². The van der Waals surface area contributed by atoms with Crippen LogP contribution < -0.4 is 5.73 Å². The predicted octanol–water partition coefficient (Wildman–Crippen LogP) is 2.44. The van der Waals surface area contributed by atoms with E-state index in [1.165, 1.54) is 16.8 Å². The van der Waals surface area contributed by atoms with Crippen molar-refractivity contribution in [3.8, 4) is 0 Å². The number of nitrogens with zero attached hydrogens (tertiary/aromatic N) is 2. The van der Waals surface area contributed by atoms with Crippen LogP contribution in [0.5, 0.6) is 0 Å². The van der Waals surface area contributed by atoms with E-state index in [9.17, 15) is 0 Å². The fourth-order valence-electron chi connectivity index (χ4n) is 2.98. The van der Waals surface area contributed by atoms with E-state index in [-0.39, 0.29) is 0 Å². The zero-order valence-electron chi connectivity index (χ0n) is 12.0. The van der Waals surface area contributed by atoms with Crippen LogP contribution in [0.25, 0.3) is 0 Å². The molecule has 3 heteroatoms. The molecule has 0 amide bonds. The van der Waals surface area contributed by atoms with E-state index >= 15 is 0 Å². The summed E-state index contributed by atoms with van der Waals surface area (Å²) in [4.78, 5) is 9.48. The van der Waals surface area contributed by atoms with Gasteiger partial charge in [0.2, 0.25) is 0 Å². The maximum atomic E-state index is 5.80. The summed E-state index contributed by atoms with van der Waals surface area (Å²) in [6.07, 6.45) is 4.06. The lowest BCUT2D eigenvalue weighted by Crippen LogP contribution is -2.24. The number of hydrogen-bond acceptors (Lipinski definition) is 3. The molecule has 1 aromatic heterocycles. The molecule has 1 aliphatic carbocycles. The number of nitrogens with two attached hydrogens (primary N) is 1. The maximum Gasteiger partial charge on any atom is 0.133 e. The van der Waals surface area contributed by atoms with Crippen LogP contribution in [0.15, 0.2) is 30.3 Å². The second-order valence-corrected chi connectivity index (χ2v) is 5.66. The number of hydrogen-bond donors (Lipinski definition) is 1. The maximum absolute atomic E-state index is 5.80. The molecule has 3 nitrogen and oxygen atoms in total. The van der Waals surface area contributed by atoms with Crippen LogP contribution in [0.2, 0.25) is 0 Å². The van der Waals surface area contributed by atoms with Gasteiger partial charge < -0.3 is 5.73 Å². The van der Waals surface area contributed by atoms with Gasteiger partial charge in [0.25, 0.3) is 0 Å². The minimum Gasteiger partial charge on any atom is -0.330 e. The second-order valence-electron chi connectivity index (χ2n) is 5.66. The highest BCUT2D eigenvalue weighted by molar-refractivity contribution is 5.29. The smallest absolute Gasteiger partial charge is 0.133 e. The van der Waals surface area contributed by atoms with Crippen molar-refractivity contribution in [3.63, 3.8) is 0 Å². The topological polar surface area (TPSA) is 51.8 Å². The van der Waals surface area contributed by atoms with Crippen LogP contribution in [-0.4, -0.2) is 16.5 Å². The minimum absolute atomic E-state index is 0.602. The van der Waals surface area contributed by atoms with Crippen molar-refractivity contribution >= 4 is 0 Å². The summed E-state index contributed by atoms with van der Waals surface area (Å²) in [5.41, 5.74) is 10.8. The fraction of sp³-hybridized carbons (Fsp3) is 0.412. The molecular formula is C17H21N3. The Labute approximate surface area is 120 Å². The largest absolute Gasteiger partial charge is 0.330 e. The molecule has 0 radical (unpaired) electrons. The van der Waals surface area contributed by atoms with Gasteiger partial charge in [-0.3, -0.25) is 0 Å². The van der Waals surface area contributed by atoms with Gasteiger partial charge >= 0.3 is 0 Å². The molecule has 1 atom stereocenters. The molecule has 1 aliphatic rings. The van der Waals surface area contributed by atoms with Gasteiger partial charge in [-0.25, -0.2) is 9.97 Å². The van der Waals surface area contributed by atoms with E-state index < -0.39 is 0 Å². The van der Waals surface area contributed by atoms with Gasteiger partial charge in [0.05, 0.1) is 0 Å². The first-order valence-electron chi connectivity index (χ1n) is 7.35. The van der Waals surface area contributed by atoms with Crippen LogP contribution in [0.4, 0.5) is 0 Å². The van der Waals surface area contributed by atoms with Gasteiger partial charge in [-0.1, -0.05) is 30.3 Å². The highest BCUT2D eigenvalue weighted by Gasteiger charge is 2.21. The summed E-state index contributed by atoms with van der Waals surface area (Å²) in [7, 11) is 0. The molecule has 104 valence electrons. The summed E-state index contributed by atoms with van der Waals surface area (Å²) in [6.45, 7) is 2.87. The van der Waals surface area contributed by atoms with Gasteiger partial charge in [0.1, 0.15) is 5.82 Å². The number of fused-ring (bicyclic) bond motifs is 1. The Kier molecular flexibility index (Phi) is 3.79. The van der Waals surface area contributed by atoms with Crippen molar-refractivity contribution in [1.29, 1.82) is 0 Å². The van der Waals surface area contributed by atoms with Crippen molar-refractivity contribution in [2.24, 2.45) is 11.7 Å². The third-order valence-corrected chi connectivity index (χ3v) is 4.17. The molecule has 0 fully saturated rings. The summed E-state index contributed by atoms with van der Waals surface area (Å²) in [6, 6.07) is 10.4. The molecule has 0 saturated heterocycles. The van der Waals surface area contributed by atoms with Crippen LogP contribution in [-0.2, 0) is 19.3 Å². The summed E-state index contributed by atoms with van der Waals surface area (Å²) >= 11 is 0. The molecule has 0 saturated carbocycles. The van der Waals surface area contributed by atoms with Gasteiger partial charge in [0, 0.05) is 17.8 Å². The fourth-order valence-corrected chi connectivity index (χ4v) is 2.98. The van der Waals surface area contributed by atoms with E-state index in [0.717, 1.165) is 43.7 Å². The first kappa shape index (κ1) is 13.3. The second kappa shape index (κ2) is 5.71. The van der Waals surface area contributed by atoms with Crippen LogP contribution >= 0.6 is 0 Å². The highest BCUT2D eigenvalue weighted by Crippen LogP contribution is 2.25. The van der Waals surface area contributed by atoms with Gasteiger partial charge in [-0.2, -0.15) is 0 Å². The molecular weight excluding hydrogens is 246 g/mol. The number of benzene rings is 1. The molecule has 1 heterocycles. The lowest BCUT2D eigenvalue weighted by molar-refractivity contribution is 0.458. The van der Waals surface area contributed by atoms with Gasteiger partial charge in [-0.05, 0) is 49.8 Å².